The summed E-state index contributed by atoms with van der Waals surface area (Å²) in [7, 11) is 5.20. The zero-order chi connectivity index (χ0) is 84.6. The molecule has 0 unspecified atom stereocenters. The van der Waals surface area contributed by atoms with Gasteiger partial charge in [0.05, 0.1) is 144 Å². The Morgan fingerprint density at radius 3 is 1.19 bits per heavy atom. The Labute approximate surface area is 764 Å². The molecule has 119 heavy (non-hydrogen) atoms. The maximum absolute atomic E-state index is 10.4. The monoisotopic (exact) mass is 1880 g/mol. The number of nitroso groups, excluding NO2 is 1. The van der Waals surface area contributed by atoms with E-state index in [2.05, 4.69) is 120 Å². The molecule has 0 saturated carbocycles. The predicted octanol–water partition coefficient (Wildman–Crippen LogP) is 6.10. The maximum atomic E-state index is 10.4. The maximum Gasteiger partial charge on any atom is 1.00 e. The number of nitrogens with two attached hydrogens (primary N) is 1. The molecule has 1 aromatic carbocycles. The number of halogens is 6. The van der Waals surface area contributed by atoms with E-state index in [9.17, 15) is 18.4 Å². The van der Waals surface area contributed by atoms with Gasteiger partial charge in [0, 0.05) is 117 Å². The molecule has 0 atom stereocenters. The second-order valence-corrected chi connectivity index (χ2v) is 35.3. The number of fused-ring (bicyclic) bond motifs is 5. The van der Waals surface area contributed by atoms with E-state index in [1.807, 2.05) is 32.1 Å². The van der Waals surface area contributed by atoms with Crippen molar-refractivity contribution in [3.8, 4) is 22.7 Å². The van der Waals surface area contributed by atoms with Crippen molar-refractivity contribution in [1.29, 1.82) is 0 Å². The van der Waals surface area contributed by atoms with Crippen LogP contribution >= 0.6 is 125 Å². The fourth-order valence-corrected chi connectivity index (χ4v) is 17.7. The second-order valence-electron chi connectivity index (χ2n) is 25.0. The molecular formula is C69H86B4Cl6N18NaO15S6. The topological polar surface area (TPSA) is 420 Å². The third-order valence-corrected chi connectivity index (χ3v) is 23.2. The van der Waals surface area contributed by atoms with Crippen molar-refractivity contribution in [2.45, 2.75) is 39.6 Å². The van der Waals surface area contributed by atoms with Gasteiger partial charge in [-0.3, -0.25) is 0 Å². The number of benzene rings is 1. The van der Waals surface area contributed by atoms with Crippen molar-refractivity contribution in [2.24, 2.45) is 10.9 Å². The SMILES string of the molecule is CB(CN=O)Cc1cc2nc(Cl)nc(N3CCOCC3)c2s1.CCc1cc2nc(Cl)nc(N3CCOCC3)c2s1.CN.CNCc1cc2nc(Cl)nc(N3CCOCC3)c2s1.COc1cc2nc(Cl)nc(N3CCOCC3)c2s1.CS(=O)(=O)Cl.O=BC#CO.OB(O)c1cccc(O)c1.OCc1cc2nc(Cl)nc(N3CCOCC3)c2s1.[B].[H-].[Na+]. The molecule has 0 aliphatic carbocycles. The molecule has 50 heteroatoms. The van der Waals surface area contributed by atoms with Gasteiger partial charge in [0.25, 0.3) is 0 Å². The third-order valence-electron chi connectivity index (χ3n) is 16.7. The Morgan fingerprint density at radius 1 is 0.580 bits per heavy atom. The van der Waals surface area contributed by atoms with Crippen molar-refractivity contribution >= 4 is 249 Å². The minimum atomic E-state index is -3.19. The standard InChI is InChI=1S/C13H16BClN4O2S.C12H15ClN4OS.C12H14ClN3OS.2C11H12ClN3O2S.C6H7BO3.C2HBO2.CH3ClO2S.CH5N.B.Na.H/c1-14(8-16-20)7-9-6-10-11(22-9)12(18-13(15)17-10)19-2-4-21-5-3-19;1-14-7-8-6-9-10(19-8)11(16-12(13)15-9)17-2-4-18-5-3-17;1-2-8-7-9-10(18-8)11(15-12(13)14-9)16-3-5-17-6-4-16;1-16-8-6-7-9(18-8)10(14-11(12)13-7)15-2-4-17-5-3-15;12-11-13-8-5-7(6-16)18-9(8)10(14-11)15-1-3-17-4-2-15;8-6-3-1-2-5(4-6)7(9)10;4-2-1-3-5;1-5(2,3)4;1-2;;;/h6H,2-5,7-8H2,1H3;6,14H,2-5,7H2,1H3;7H,2-6H2,1H3;6H,2-5H2,1H3;5,16H,1-4,6H2;1-4,8-10H;4H;1H3;2H2,1H3;;;/q;;;;;;;;;;+1;-1. The third kappa shape index (κ3) is 32.1. The van der Waals surface area contributed by atoms with Gasteiger partial charge in [-0.1, -0.05) is 42.4 Å². The number of ether oxygens (including phenoxy) is 6. The number of nitrogens with one attached hydrogen (secondary N) is 1. The summed E-state index contributed by atoms with van der Waals surface area (Å²) in [4.78, 5) is 69.2. The van der Waals surface area contributed by atoms with Crippen LogP contribution in [0.1, 0.15) is 27.9 Å². The van der Waals surface area contributed by atoms with Crippen LogP contribution < -0.4 is 75.3 Å². The van der Waals surface area contributed by atoms with Crippen LogP contribution in [0.15, 0.2) is 59.8 Å². The number of hydrogen-bond acceptors (Lipinski definition) is 38. The molecule has 5 saturated heterocycles. The molecule has 0 spiro atoms. The first kappa shape index (κ1) is 102. The van der Waals surface area contributed by atoms with E-state index in [4.69, 9.17) is 111 Å². The van der Waals surface area contributed by atoms with Crippen LogP contribution in [-0.2, 0) is 63.3 Å². The first-order valence-corrected chi connectivity index (χ1v) is 44.8. The Hall–Kier alpha value is -5.67. The van der Waals surface area contributed by atoms with Crippen LogP contribution in [0.4, 0.5) is 29.1 Å². The molecule has 0 bridgehead atoms. The summed E-state index contributed by atoms with van der Waals surface area (Å²) in [5, 5.41) is 51.1. The molecule has 15 heterocycles. The van der Waals surface area contributed by atoms with Crippen molar-refractivity contribution in [2.75, 3.05) is 190 Å². The number of anilines is 5. The molecule has 8 N–H and O–H groups in total. The number of hydrogen-bond donors (Lipinski definition) is 7. The molecular weight excluding hydrogens is 1790 g/mol. The van der Waals surface area contributed by atoms with Gasteiger partial charge in [-0.2, -0.15) is 29.8 Å². The number of nitrogens with zero attached hydrogens (tertiary/aromatic N) is 16. The molecule has 16 rings (SSSR count). The van der Waals surface area contributed by atoms with E-state index in [1.54, 1.807) is 53.0 Å². The average molecular weight is 1880 g/mol. The number of thiophene rings is 5. The van der Waals surface area contributed by atoms with Crippen molar-refractivity contribution < 1.29 is 97.9 Å². The summed E-state index contributed by atoms with van der Waals surface area (Å²) < 4.78 is 65.2. The molecule has 5 fully saturated rings. The van der Waals surface area contributed by atoms with E-state index in [-0.39, 0.29) is 74.3 Å². The van der Waals surface area contributed by atoms with Gasteiger partial charge >= 0.3 is 65.6 Å². The Morgan fingerprint density at radius 2 is 0.899 bits per heavy atom. The molecule has 5 aliphatic rings. The van der Waals surface area contributed by atoms with E-state index in [0.29, 0.717) is 69.3 Å². The number of phenolic OH excluding ortho intramolecular Hbond substituents is 1. The van der Waals surface area contributed by atoms with Gasteiger partial charge in [-0.25, -0.2) is 33.3 Å². The van der Waals surface area contributed by atoms with Gasteiger partial charge in [0.1, 0.15) is 5.75 Å². The number of aromatic nitrogens is 10. The Bertz CT molecular complexity index is 4940. The number of morpholine rings is 5. The molecule has 3 radical (unpaired) electrons. The summed E-state index contributed by atoms with van der Waals surface area (Å²) in [5.74, 6) is 6.27. The normalized spacial score (nSPS) is 14.3. The van der Waals surface area contributed by atoms with Gasteiger partial charge in [-0.05, 0) is 127 Å². The van der Waals surface area contributed by atoms with Crippen molar-refractivity contribution in [3.63, 3.8) is 0 Å². The zero-order valence-corrected chi connectivity index (χ0v) is 77.4. The van der Waals surface area contributed by atoms with Gasteiger partial charge in [0.2, 0.25) is 35.5 Å². The Kier molecular flexibility index (Phi) is 45.3. The number of aliphatic hydroxyl groups excluding tert-OH is 2. The molecule has 5 aliphatic heterocycles. The smallest absolute Gasteiger partial charge is 1.00 e. The number of aromatic hydroxyl groups is 1. The minimum absolute atomic E-state index is 0. The molecule has 10 aromatic heterocycles. The van der Waals surface area contributed by atoms with Crippen LogP contribution in [0.25, 0.3) is 51.1 Å². The summed E-state index contributed by atoms with van der Waals surface area (Å²) in [5.41, 5.74) is 9.17. The largest absolute Gasteiger partial charge is 1.00 e. The first-order valence-electron chi connectivity index (χ1n) is 36.1. The molecule has 11 aromatic rings. The van der Waals surface area contributed by atoms with Crippen molar-refractivity contribution in [3.05, 3.63) is 105 Å². The Balaban J connectivity index is 0.000000250. The first-order chi connectivity index (χ1) is 56.4. The van der Waals surface area contributed by atoms with Crippen LogP contribution in [0.3, 0.4) is 0 Å². The summed E-state index contributed by atoms with van der Waals surface area (Å²) >= 11 is 38.3. The summed E-state index contributed by atoms with van der Waals surface area (Å²) in [6.07, 6.45) is 4.48. The average Bonchev–Trinajstić information content (AvgIpc) is 1.75. The zero-order valence-electron chi connectivity index (χ0n) is 67.0. The second kappa shape index (κ2) is 52.8. The number of phenols is 1. The predicted molar refractivity (Wildman–Crippen MR) is 480 cm³/mol. The molecule has 0 amide bonds. The van der Waals surface area contributed by atoms with Crippen LogP contribution in [0.5, 0.6) is 10.8 Å². The van der Waals surface area contributed by atoms with E-state index >= 15 is 0 Å². The number of aryl methyl sites for hydroxylation is 1. The van der Waals surface area contributed by atoms with E-state index in [1.165, 1.54) is 68.7 Å². The van der Waals surface area contributed by atoms with Gasteiger partial charge in [-0.15, -0.1) is 45.3 Å². The number of aliphatic hydroxyl groups is 2. The van der Waals surface area contributed by atoms with Gasteiger partial charge < -0.3 is 85.7 Å². The van der Waals surface area contributed by atoms with Crippen LogP contribution in [0, 0.1) is 16.8 Å². The quantitative estimate of drug-likeness (QED) is 0.0200. The summed E-state index contributed by atoms with van der Waals surface area (Å²) in [6, 6.07) is 15.8. The summed E-state index contributed by atoms with van der Waals surface area (Å²) in [6.45, 7) is 20.7. The fourth-order valence-electron chi connectivity index (χ4n) is 11.5. The molecule has 633 valence electrons. The molecule has 33 nitrogen and oxygen atoms in total. The van der Waals surface area contributed by atoms with Crippen molar-refractivity contribution in [1.82, 2.24) is 55.2 Å². The van der Waals surface area contributed by atoms with Crippen LogP contribution in [-0.4, -0.2) is 278 Å². The van der Waals surface area contributed by atoms with E-state index in [0.717, 1.165) is 208 Å². The van der Waals surface area contributed by atoms with E-state index < -0.39 is 16.2 Å². The fraction of sp³-hybridized carbons (Fsp3) is 0.449. The number of rotatable bonds is 15. The van der Waals surface area contributed by atoms with Crippen LogP contribution in [0.2, 0.25) is 33.2 Å². The minimum Gasteiger partial charge on any atom is -1.00 e. The van der Waals surface area contributed by atoms with Gasteiger partial charge in [0.15, 0.2) is 40.9 Å². The number of methoxy groups -OCH3 is 1.